The van der Waals surface area contributed by atoms with Gasteiger partial charge in [0.2, 0.25) is 0 Å². The van der Waals surface area contributed by atoms with E-state index < -0.39 is 10.8 Å². The maximum atomic E-state index is 13.3. The van der Waals surface area contributed by atoms with E-state index in [0.29, 0.717) is 17.8 Å². The zero-order valence-corrected chi connectivity index (χ0v) is 13.4. The fourth-order valence-corrected chi connectivity index (χ4v) is 2.65. The lowest BCUT2D eigenvalue weighted by Gasteiger charge is -2.06. The monoisotopic (exact) mass is 342 g/mol. The van der Waals surface area contributed by atoms with Gasteiger partial charge in [0.1, 0.15) is 17.2 Å². The molecule has 8 heteroatoms. The van der Waals surface area contributed by atoms with Crippen LogP contribution in [0.15, 0.2) is 42.5 Å². The highest BCUT2D eigenvalue weighted by Crippen LogP contribution is 2.18. The number of halogens is 1. The van der Waals surface area contributed by atoms with Gasteiger partial charge in [-0.3, -0.25) is 14.9 Å². The highest BCUT2D eigenvalue weighted by Gasteiger charge is 2.19. The highest BCUT2D eigenvalue weighted by atomic mass is 19.1. The number of nitro benzene ring substituents is 1. The number of hydrogen-bond acceptors (Lipinski definition) is 4. The van der Waals surface area contributed by atoms with Crippen LogP contribution in [0.4, 0.5) is 10.1 Å². The molecule has 25 heavy (non-hydrogen) atoms. The number of aromatic nitrogens is 2. The molecule has 0 atom stereocenters. The maximum absolute atomic E-state index is 13.3. The molecule has 0 bridgehead atoms. The lowest BCUT2D eigenvalue weighted by atomic mass is 10.1. The molecular formula is C17H15FN4O3. The topological polar surface area (TPSA) is 90.1 Å². The Morgan fingerprint density at radius 2 is 2.08 bits per heavy atom. The normalized spacial score (nSPS) is 10.8. The van der Waals surface area contributed by atoms with Crippen LogP contribution in [0.25, 0.3) is 11.0 Å². The van der Waals surface area contributed by atoms with E-state index in [1.165, 1.54) is 30.3 Å². The summed E-state index contributed by atoms with van der Waals surface area (Å²) in [5, 5.41) is 13.6. The Morgan fingerprint density at radius 3 is 2.84 bits per heavy atom. The van der Waals surface area contributed by atoms with Gasteiger partial charge in [-0.1, -0.05) is 12.1 Å². The first-order valence-corrected chi connectivity index (χ1v) is 7.60. The molecule has 0 aliphatic heterocycles. The van der Waals surface area contributed by atoms with Gasteiger partial charge >= 0.3 is 0 Å². The van der Waals surface area contributed by atoms with Gasteiger partial charge in [-0.2, -0.15) is 0 Å². The van der Waals surface area contributed by atoms with Crippen molar-refractivity contribution in [2.75, 3.05) is 6.54 Å². The molecule has 1 aromatic heterocycles. The van der Waals surface area contributed by atoms with E-state index in [-0.39, 0.29) is 23.6 Å². The first-order valence-electron chi connectivity index (χ1n) is 7.60. The molecule has 3 aromatic rings. The summed E-state index contributed by atoms with van der Waals surface area (Å²) in [6.45, 7) is 0.254. The molecular weight excluding hydrogens is 327 g/mol. The van der Waals surface area contributed by atoms with Crippen LogP contribution in [0.2, 0.25) is 0 Å². The molecule has 0 unspecified atom stereocenters. The summed E-state index contributed by atoms with van der Waals surface area (Å²) >= 11 is 0. The maximum Gasteiger partial charge on any atom is 0.282 e. The number of nitrogens with zero attached hydrogens (tertiary/aromatic N) is 3. The predicted molar refractivity (Wildman–Crippen MR) is 89.8 cm³/mol. The van der Waals surface area contributed by atoms with E-state index in [1.54, 1.807) is 12.1 Å². The number of amides is 1. The third-order valence-electron chi connectivity index (χ3n) is 3.92. The minimum absolute atomic E-state index is 0.0135. The molecule has 1 N–H and O–H groups in total. The third kappa shape index (κ3) is 3.32. The molecule has 0 saturated carbocycles. The number of para-hydroxylation sites is 1. The van der Waals surface area contributed by atoms with Gasteiger partial charge in [-0.15, -0.1) is 0 Å². The number of rotatable bonds is 5. The molecule has 1 amide bonds. The second-order valence-corrected chi connectivity index (χ2v) is 5.50. The number of fused-ring (bicyclic) bond motifs is 1. The summed E-state index contributed by atoms with van der Waals surface area (Å²) in [4.78, 5) is 26.9. The Labute approximate surface area is 142 Å². The summed E-state index contributed by atoms with van der Waals surface area (Å²) in [5.41, 5.74) is 1.11. The van der Waals surface area contributed by atoms with Crippen LogP contribution in [0, 0.1) is 15.9 Å². The summed E-state index contributed by atoms with van der Waals surface area (Å²) in [6, 6.07) is 10.1. The summed E-state index contributed by atoms with van der Waals surface area (Å²) in [7, 11) is 1.81. The number of hydrogen-bond donors (Lipinski definition) is 1. The highest BCUT2D eigenvalue weighted by molar-refractivity contribution is 5.98. The fraction of sp³-hybridized carbons (Fsp3) is 0.176. The van der Waals surface area contributed by atoms with Gasteiger partial charge in [0, 0.05) is 32.1 Å². The fourth-order valence-electron chi connectivity index (χ4n) is 2.65. The van der Waals surface area contributed by atoms with Gasteiger partial charge in [-0.05, 0) is 18.2 Å². The second-order valence-electron chi connectivity index (χ2n) is 5.50. The van der Waals surface area contributed by atoms with Crippen molar-refractivity contribution < 1.29 is 14.1 Å². The number of carbonyl (C=O) groups is 1. The average molecular weight is 342 g/mol. The largest absolute Gasteiger partial charge is 0.351 e. The molecule has 0 aliphatic rings. The number of benzene rings is 2. The van der Waals surface area contributed by atoms with Crippen molar-refractivity contribution in [2.45, 2.75) is 6.42 Å². The average Bonchev–Trinajstić information content (AvgIpc) is 2.90. The molecule has 0 radical (unpaired) electrons. The van der Waals surface area contributed by atoms with E-state index in [0.717, 1.165) is 5.52 Å². The first kappa shape index (κ1) is 16.6. The van der Waals surface area contributed by atoms with E-state index in [9.17, 15) is 19.3 Å². The quantitative estimate of drug-likeness (QED) is 0.570. The molecule has 128 valence electrons. The van der Waals surface area contributed by atoms with Crippen molar-refractivity contribution in [3.8, 4) is 0 Å². The van der Waals surface area contributed by atoms with Crippen molar-refractivity contribution in [2.24, 2.45) is 7.05 Å². The van der Waals surface area contributed by atoms with Crippen LogP contribution < -0.4 is 5.32 Å². The Morgan fingerprint density at radius 1 is 1.32 bits per heavy atom. The lowest BCUT2D eigenvalue weighted by Crippen LogP contribution is -2.27. The van der Waals surface area contributed by atoms with Crippen LogP contribution >= 0.6 is 0 Å². The van der Waals surface area contributed by atoms with E-state index in [1.807, 2.05) is 11.6 Å². The Bertz CT molecular complexity index is 968. The van der Waals surface area contributed by atoms with Gasteiger partial charge in [0.25, 0.3) is 11.6 Å². The van der Waals surface area contributed by atoms with Gasteiger partial charge in [0.05, 0.1) is 16.0 Å². The second kappa shape index (κ2) is 6.68. The molecule has 3 rings (SSSR count). The molecule has 2 aromatic carbocycles. The van der Waals surface area contributed by atoms with E-state index in [4.69, 9.17) is 0 Å². The van der Waals surface area contributed by atoms with Crippen molar-refractivity contribution in [1.82, 2.24) is 14.9 Å². The number of nitro groups is 1. The number of aryl methyl sites for hydroxylation is 1. The first-order chi connectivity index (χ1) is 12.0. The van der Waals surface area contributed by atoms with Gasteiger partial charge in [0.15, 0.2) is 0 Å². The number of carbonyl (C=O) groups excluding carboxylic acids is 1. The SMILES string of the molecule is Cn1c(CCNC(=O)c2ccccc2[N+](=O)[O-])nc2cc(F)ccc21. The third-order valence-corrected chi connectivity index (χ3v) is 3.92. The molecule has 7 nitrogen and oxygen atoms in total. The lowest BCUT2D eigenvalue weighted by molar-refractivity contribution is -0.385. The minimum Gasteiger partial charge on any atom is -0.351 e. The molecule has 0 fully saturated rings. The number of nitrogens with one attached hydrogen (secondary N) is 1. The standard InChI is InChI=1S/C17H15FN4O3/c1-21-15-7-6-11(18)10-13(15)20-16(21)8-9-19-17(23)12-4-2-3-5-14(12)22(24)25/h2-7,10H,8-9H2,1H3,(H,19,23). The van der Waals surface area contributed by atoms with Crippen molar-refractivity contribution in [3.63, 3.8) is 0 Å². The van der Waals surface area contributed by atoms with Crippen LogP contribution in [0.3, 0.4) is 0 Å². The van der Waals surface area contributed by atoms with Crippen molar-refractivity contribution in [3.05, 3.63) is 69.8 Å². The van der Waals surface area contributed by atoms with Crippen LogP contribution in [-0.2, 0) is 13.5 Å². The van der Waals surface area contributed by atoms with E-state index in [2.05, 4.69) is 10.3 Å². The molecule has 1 heterocycles. The zero-order chi connectivity index (χ0) is 18.0. The van der Waals surface area contributed by atoms with Gasteiger partial charge in [-0.25, -0.2) is 9.37 Å². The van der Waals surface area contributed by atoms with Crippen molar-refractivity contribution >= 4 is 22.6 Å². The molecule has 0 aliphatic carbocycles. The predicted octanol–water partition coefficient (Wildman–Crippen LogP) is 2.59. The summed E-state index contributed by atoms with van der Waals surface area (Å²) in [6.07, 6.45) is 0.416. The van der Waals surface area contributed by atoms with E-state index >= 15 is 0 Å². The summed E-state index contributed by atoms with van der Waals surface area (Å²) < 4.78 is 15.1. The van der Waals surface area contributed by atoms with Crippen LogP contribution in [0.5, 0.6) is 0 Å². The van der Waals surface area contributed by atoms with Gasteiger partial charge < -0.3 is 9.88 Å². The Kier molecular flexibility index (Phi) is 4.42. The zero-order valence-electron chi connectivity index (χ0n) is 13.4. The Hall–Kier alpha value is -3.29. The van der Waals surface area contributed by atoms with Crippen LogP contribution in [0.1, 0.15) is 16.2 Å². The van der Waals surface area contributed by atoms with Crippen LogP contribution in [-0.4, -0.2) is 26.9 Å². The summed E-state index contributed by atoms with van der Waals surface area (Å²) in [5.74, 6) is -0.192. The minimum atomic E-state index is -0.588. The molecule has 0 spiro atoms. The number of imidazole rings is 1. The molecule has 0 saturated heterocycles. The smallest absolute Gasteiger partial charge is 0.282 e. The Balaban J connectivity index is 1.70. The van der Waals surface area contributed by atoms with Crippen molar-refractivity contribution in [1.29, 1.82) is 0 Å².